The van der Waals surface area contributed by atoms with Gasteiger partial charge in [0, 0.05) is 11.4 Å². The Labute approximate surface area is 150 Å². The van der Waals surface area contributed by atoms with Crippen molar-refractivity contribution in [3.05, 3.63) is 29.1 Å². The summed E-state index contributed by atoms with van der Waals surface area (Å²) in [6, 6.07) is 4.14. The topological polar surface area (TPSA) is 102 Å². The number of rotatable bonds is 4. The molecule has 0 atom stereocenters. The molecule has 130 valence electrons. The second-order valence-electron chi connectivity index (χ2n) is 5.98. The van der Waals surface area contributed by atoms with E-state index in [1.165, 1.54) is 41.0 Å². The minimum absolute atomic E-state index is 0.102. The summed E-state index contributed by atoms with van der Waals surface area (Å²) in [7, 11) is 1.68. The molecule has 0 saturated heterocycles. The summed E-state index contributed by atoms with van der Waals surface area (Å²) in [4.78, 5) is 8.52. The van der Waals surface area contributed by atoms with Crippen molar-refractivity contribution in [3.8, 4) is 6.07 Å². The molecule has 2 aromatic rings. The van der Waals surface area contributed by atoms with E-state index in [0.29, 0.717) is 10.6 Å². The van der Waals surface area contributed by atoms with Crippen LogP contribution in [-0.4, -0.2) is 21.9 Å². The first kappa shape index (κ1) is 17.4. The highest BCUT2D eigenvalue weighted by Gasteiger charge is 2.14. The Bertz CT molecular complexity index is 825. The Kier molecular flexibility index (Phi) is 5.66. The highest BCUT2D eigenvalue weighted by Crippen LogP contribution is 2.26. The molecule has 8 heteroatoms. The molecule has 0 saturated carbocycles. The fourth-order valence-electron chi connectivity index (χ4n) is 2.81. The summed E-state index contributed by atoms with van der Waals surface area (Å²) in [6.45, 7) is 0. The first-order valence-corrected chi connectivity index (χ1v) is 9.27. The molecule has 1 aliphatic carbocycles. The van der Waals surface area contributed by atoms with Gasteiger partial charge in [-0.25, -0.2) is 9.98 Å². The van der Waals surface area contributed by atoms with Crippen LogP contribution in [0.15, 0.2) is 26.8 Å². The van der Waals surface area contributed by atoms with E-state index in [1.807, 2.05) is 6.07 Å². The van der Waals surface area contributed by atoms with Crippen LogP contribution in [0, 0.1) is 11.3 Å². The van der Waals surface area contributed by atoms with Crippen LogP contribution in [0.1, 0.15) is 42.5 Å². The molecular formula is C17H19N5O2S. The molecule has 0 radical (unpaired) electrons. The quantitative estimate of drug-likeness (QED) is 0.356. The second kappa shape index (κ2) is 8.12. The van der Waals surface area contributed by atoms with Gasteiger partial charge in [0.15, 0.2) is 12.3 Å². The van der Waals surface area contributed by atoms with Crippen molar-refractivity contribution >= 4 is 23.5 Å². The number of fused-ring (bicyclic) bond motifs is 1. The number of aliphatic imine (C=N–C) groups is 1. The van der Waals surface area contributed by atoms with E-state index in [2.05, 4.69) is 21.3 Å². The number of thioether (sulfide) groups is 1. The fourth-order valence-corrected chi connectivity index (χ4v) is 3.57. The Hall–Kier alpha value is -2.40. The molecule has 2 aromatic heterocycles. The number of nitriles is 1. The summed E-state index contributed by atoms with van der Waals surface area (Å²) in [5.41, 5.74) is 2.77. The van der Waals surface area contributed by atoms with Crippen LogP contribution in [0.4, 0.5) is 5.88 Å². The number of hydrogen-bond acceptors (Lipinski definition) is 7. The SMILES string of the molecule is C[n+]1cc(/N=C(\[O-])CSc2nc3c(cc2C#N)CCCCCC3)on1. The predicted molar refractivity (Wildman–Crippen MR) is 90.3 cm³/mol. The standard InChI is InChI=1S/C17H19N5O2S/c1-22-10-16(24-21-22)20-15(23)11-25-17-13(9-18)8-12-6-4-2-3-5-7-14(12)19-17/h8,10H,2-7,11H2,1H3. The minimum Gasteiger partial charge on any atom is -0.861 e. The van der Waals surface area contributed by atoms with E-state index in [0.717, 1.165) is 31.4 Å². The summed E-state index contributed by atoms with van der Waals surface area (Å²) in [6.07, 6.45) is 8.13. The first-order valence-electron chi connectivity index (χ1n) is 8.28. The lowest BCUT2D eigenvalue weighted by molar-refractivity contribution is -0.739. The van der Waals surface area contributed by atoms with Gasteiger partial charge in [0.25, 0.3) is 6.20 Å². The molecule has 0 aromatic carbocycles. The predicted octanol–water partition coefficient (Wildman–Crippen LogP) is 1.61. The van der Waals surface area contributed by atoms with Gasteiger partial charge >= 0.3 is 5.88 Å². The zero-order valence-corrected chi connectivity index (χ0v) is 14.9. The zero-order chi connectivity index (χ0) is 17.6. The molecule has 7 nitrogen and oxygen atoms in total. The van der Waals surface area contributed by atoms with Gasteiger partial charge < -0.3 is 5.11 Å². The number of hydrogen-bond donors (Lipinski definition) is 0. The highest BCUT2D eigenvalue weighted by molar-refractivity contribution is 7.99. The van der Waals surface area contributed by atoms with E-state index in [4.69, 9.17) is 4.52 Å². The summed E-state index contributed by atoms with van der Waals surface area (Å²) in [5, 5.41) is 25.6. The number of aromatic nitrogens is 3. The molecule has 0 bridgehead atoms. The zero-order valence-electron chi connectivity index (χ0n) is 14.1. The van der Waals surface area contributed by atoms with Crippen LogP contribution in [0.25, 0.3) is 0 Å². The van der Waals surface area contributed by atoms with E-state index < -0.39 is 0 Å². The molecule has 3 rings (SSSR count). The van der Waals surface area contributed by atoms with Gasteiger partial charge in [0.05, 0.1) is 5.56 Å². The maximum atomic E-state index is 12.0. The van der Waals surface area contributed by atoms with Crippen LogP contribution in [0.2, 0.25) is 0 Å². The Balaban J connectivity index is 1.76. The number of pyridine rings is 1. The van der Waals surface area contributed by atoms with Crippen LogP contribution in [0.3, 0.4) is 0 Å². The van der Waals surface area contributed by atoms with E-state index in [-0.39, 0.29) is 17.5 Å². The molecule has 0 spiro atoms. The van der Waals surface area contributed by atoms with Crippen molar-refractivity contribution < 1.29 is 14.3 Å². The van der Waals surface area contributed by atoms with Crippen LogP contribution in [-0.2, 0) is 19.9 Å². The van der Waals surface area contributed by atoms with Gasteiger partial charge in [-0.2, -0.15) is 5.26 Å². The van der Waals surface area contributed by atoms with Gasteiger partial charge in [-0.05, 0) is 43.2 Å². The monoisotopic (exact) mass is 357 g/mol. The third-order valence-electron chi connectivity index (χ3n) is 4.01. The Morgan fingerprint density at radius 1 is 1.40 bits per heavy atom. The summed E-state index contributed by atoms with van der Waals surface area (Å²) < 4.78 is 6.31. The third-order valence-corrected chi connectivity index (χ3v) is 4.99. The van der Waals surface area contributed by atoms with Crippen LogP contribution in [0.5, 0.6) is 0 Å². The average Bonchev–Trinajstić information content (AvgIpc) is 2.98. The molecule has 2 heterocycles. The lowest BCUT2D eigenvalue weighted by Crippen LogP contribution is -2.27. The molecule has 25 heavy (non-hydrogen) atoms. The molecule has 0 fully saturated rings. The van der Waals surface area contributed by atoms with Crippen LogP contribution >= 0.6 is 11.8 Å². The molecule has 0 amide bonds. The Morgan fingerprint density at radius 3 is 2.92 bits per heavy atom. The van der Waals surface area contributed by atoms with Crippen molar-refractivity contribution in [1.82, 2.24) is 10.3 Å². The van der Waals surface area contributed by atoms with Gasteiger partial charge in [0.2, 0.25) is 0 Å². The largest absolute Gasteiger partial charge is 0.861 e. The van der Waals surface area contributed by atoms with Crippen LogP contribution < -0.4 is 9.79 Å². The third kappa shape index (κ3) is 4.57. The van der Waals surface area contributed by atoms with Crippen molar-refractivity contribution in [2.24, 2.45) is 12.0 Å². The van der Waals surface area contributed by atoms with Crippen molar-refractivity contribution in [2.45, 2.75) is 43.6 Å². The van der Waals surface area contributed by atoms with E-state index in [9.17, 15) is 10.4 Å². The molecule has 1 aliphatic rings. The average molecular weight is 357 g/mol. The molecular weight excluding hydrogens is 338 g/mol. The number of aryl methyl sites for hydroxylation is 3. The first-order chi connectivity index (χ1) is 12.2. The molecule has 0 aliphatic heterocycles. The van der Waals surface area contributed by atoms with Gasteiger partial charge in [-0.1, -0.05) is 29.3 Å². The molecule has 0 N–H and O–H groups in total. The van der Waals surface area contributed by atoms with Gasteiger partial charge in [-0.15, -0.1) is 0 Å². The lowest BCUT2D eigenvalue weighted by atomic mass is 9.96. The van der Waals surface area contributed by atoms with E-state index in [1.54, 1.807) is 7.05 Å². The second-order valence-corrected chi connectivity index (χ2v) is 6.95. The fraction of sp³-hybridized carbons (Fsp3) is 0.471. The summed E-state index contributed by atoms with van der Waals surface area (Å²) in [5.74, 6) is -0.0795. The Morgan fingerprint density at radius 2 is 2.20 bits per heavy atom. The minimum atomic E-state index is -0.348. The van der Waals surface area contributed by atoms with E-state index >= 15 is 0 Å². The normalized spacial score (nSPS) is 15.1. The van der Waals surface area contributed by atoms with Gasteiger partial charge in [0.1, 0.15) is 11.1 Å². The lowest BCUT2D eigenvalue weighted by Gasteiger charge is -2.16. The highest BCUT2D eigenvalue weighted by atomic mass is 32.2. The van der Waals surface area contributed by atoms with Crippen molar-refractivity contribution in [1.29, 1.82) is 5.26 Å². The number of nitrogens with zero attached hydrogens (tertiary/aromatic N) is 5. The maximum absolute atomic E-state index is 12.0. The molecule has 0 unspecified atom stereocenters. The van der Waals surface area contributed by atoms with Gasteiger partial charge in [-0.3, -0.25) is 4.52 Å². The van der Waals surface area contributed by atoms with Crippen molar-refractivity contribution in [2.75, 3.05) is 5.75 Å². The maximum Gasteiger partial charge on any atom is 0.320 e. The van der Waals surface area contributed by atoms with Crippen molar-refractivity contribution in [3.63, 3.8) is 0 Å². The smallest absolute Gasteiger partial charge is 0.320 e. The summed E-state index contributed by atoms with van der Waals surface area (Å²) >= 11 is 1.24.